The molecule has 0 radical (unpaired) electrons. The van der Waals surface area contributed by atoms with Crippen molar-refractivity contribution in [2.45, 2.75) is 13.5 Å². The molecule has 106 valence electrons. The van der Waals surface area contributed by atoms with Crippen LogP contribution in [0.5, 0.6) is 5.75 Å². The molecule has 1 heterocycles. The molecule has 0 N–H and O–H groups in total. The molecule has 0 saturated carbocycles. The first-order valence-corrected chi connectivity index (χ1v) is 6.77. The van der Waals surface area contributed by atoms with Crippen molar-refractivity contribution >= 4 is 11.8 Å². The van der Waals surface area contributed by atoms with Crippen LogP contribution in [-0.2, 0) is 11.3 Å². The molecule has 0 aliphatic carbocycles. The fourth-order valence-electron chi connectivity index (χ4n) is 2.34. The maximum absolute atomic E-state index is 12.5. The Kier molecular flexibility index (Phi) is 3.44. The van der Waals surface area contributed by atoms with Gasteiger partial charge in [-0.05, 0) is 25.1 Å². The van der Waals surface area contributed by atoms with E-state index in [0.717, 1.165) is 5.56 Å². The second-order valence-electron chi connectivity index (χ2n) is 4.71. The number of fused-ring (bicyclic) bond motifs is 2. The molecule has 2 aromatic carbocycles. The number of benzene rings is 2. The van der Waals surface area contributed by atoms with E-state index in [9.17, 15) is 9.59 Å². The van der Waals surface area contributed by atoms with Crippen molar-refractivity contribution in [3.8, 4) is 5.75 Å². The van der Waals surface area contributed by atoms with E-state index in [1.54, 1.807) is 31.2 Å². The standard InChI is InChI=1S/C17H14O4/c1-2-20-17(19)11-7-8-14-15(9-11)21-10-12-5-3-4-6-13(12)16(14)18/h3-9H,2,10H2,1H3. The lowest BCUT2D eigenvalue weighted by atomic mass is 9.98. The fraction of sp³-hybridized carbons (Fsp3) is 0.176. The number of hydrogen-bond acceptors (Lipinski definition) is 4. The van der Waals surface area contributed by atoms with Crippen molar-refractivity contribution in [3.63, 3.8) is 0 Å². The lowest BCUT2D eigenvalue weighted by Crippen LogP contribution is -2.07. The maximum atomic E-state index is 12.5. The summed E-state index contributed by atoms with van der Waals surface area (Å²) < 4.78 is 10.6. The van der Waals surface area contributed by atoms with Crippen LogP contribution in [0.4, 0.5) is 0 Å². The van der Waals surface area contributed by atoms with Crippen LogP contribution in [0.2, 0.25) is 0 Å². The Morgan fingerprint density at radius 3 is 2.81 bits per heavy atom. The van der Waals surface area contributed by atoms with Gasteiger partial charge in [0.25, 0.3) is 0 Å². The average Bonchev–Trinajstić information content (AvgIpc) is 2.65. The molecule has 4 nitrogen and oxygen atoms in total. The predicted octanol–water partition coefficient (Wildman–Crippen LogP) is 2.99. The lowest BCUT2D eigenvalue weighted by Gasteiger charge is -2.08. The second kappa shape index (κ2) is 5.40. The smallest absolute Gasteiger partial charge is 0.338 e. The fourth-order valence-corrected chi connectivity index (χ4v) is 2.34. The Balaban J connectivity index is 2.03. The Hall–Kier alpha value is -2.62. The number of hydrogen-bond donors (Lipinski definition) is 0. The van der Waals surface area contributed by atoms with Gasteiger partial charge in [-0.15, -0.1) is 0 Å². The van der Waals surface area contributed by atoms with Crippen LogP contribution in [0, 0.1) is 0 Å². The molecule has 0 fully saturated rings. The molecule has 0 spiro atoms. The zero-order chi connectivity index (χ0) is 14.8. The first-order chi connectivity index (χ1) is 10.2. The number of esters is 1. The molecule has 4 heteroatoms. The van der Waals surface area contributed by atoms with Gasteiger partial charge in [-0.3, -0.25) is 4.79 Å². The highest BCUT2D eigenvalue weighted by molar-refractivity contribution is 6.12. The molecule has 0 atom stereocenters. The molecule has 1 aliphatic heterocycles. The van der Waals surface area contributed by atoms with Crippen LogP contribution in [0.1, 0.15) is 38.8 Å². The van der Waals surface area contributed by atoms with Gasteiger partial charge in [0, 0.05) is 11.1 Å². The summed E-state index contributed by atoms with van der Waals surface area (Å²) in [6, 6.07) is 12.1. The number of ether oxygens (including phenoxy) is 2. The third-order valence-corrected chi connectivity index (χ3v) is 3.38. The Labute approximate surface area is 122 Å². The van der Waals surface area contributed by atoms with E-state index in [0.29, 0.717) is 35.7 Å². The van der Waals surface area contributed by atoms with Crippen LogP contribution in [0.15, 0.2) is 42.5 Å². The number of rotatable bonds is 2. The van der Waals surface area contributed by atoms with Crippen molar-refractivity contribution in [2.75, 3.05) is 6.61 Å². The molecule has 0 amide bonds. The zero-order valence-electron chi connectivity index (χ0n) is 11.6. The van der Waals surface area contributed by atoms with Gasteiger partial charge < -0.3 is 9.47 Å². The van der Waals surface area contributed by atoms with E-state index in [4.69, 9.17) is 9.47 Å². The minimum absolute atomic E-state index is 0.0893. The van der Waals surface area contributed by atoms with Crippen molar-refractivity contribution < 1.29 is 19.1 Å². The van der Waals surface area contributed by atoms with Crippen LogP contribution < -0.4 is 4.74 Å². The number of ketones is 1. The highest BCUT2D eigenvalue weighted by Gasteiger charge is 2.23. The molecular weight excluding hydrogens is 268 g/mol. The van der Waals surface area contributed by atoms with Crippen molar-refractivity contribution in [1.82, 2.24) is 0 Å². The number of carbonyl (C=O) groups excluding carboxylic acids is 2. The van der Waals surface area contributed by atoms with Crippen LogP contribution in [0.3, 0.4) is 0 Å². The molecule has 0 unspecified atom stereocenters. The van der Waals surface area contributed by atoms with E-state index in [-0.39, 0.29) is 5.78 Å². The van der Waals surface area contributed by atoms with Gasteiger partial charge in [0.2, 0.25) is 0 Å². The van der Waals surface area contributed by atoms with Crippen molar-refractivity contribution in [2.24, 2.45) is 0 Å². The average molecular weight is 282 g/mol. The molecule has 21 heavy (non-hydrogen) atoms. The minimum atomic E-state index is -0.418. The summed E-state index contributed by atoms with van der Waals surface area (Å²) in [6.07, 6.45) is 0. The van der Waals surface area contributed by atoms with Gasteiger partial charge in [-0.1, -0.05) is 24.3 Å². The number of carbonyl (C=O) groups is 2. The molecule has 0 bridgehead atoms. The minimum Gasteiger partial charge on any atom is -0.488 e. The first kappa shape index (κ1) is 13.4. The van der Waals surface area contributed by atoms with E-state index < -0.39 is 5.97 Å². The molecule has 0 saturated heterocycles. The molecule has 1 aliphatic rings. The highest BCUT2D eigenvalue weighted by Crippen LogP contribution is 2.29. The van der Waals surface area contributed by atoms with Gasteiger partial charge in [0.05, 0.1) is 17.7 Å². The quantitative estimate of drug-likeness (QED) is 0.795. The van der Waals surface area contributed by atoms with E-state index >= 15 is 0 Å². The van der Waals surface area contributed by atoms with Gasteiger partial charge in [0.15, 0.2) is 5.78 Å². The molecular formula is C17H14O4. The van der Waals surface area contributed by atoms with Gasteiger partial charge >= 0.3 is 5.97 Å². The SMILES string of the molecule is CCOC(=O)c1ccc2c(c1)OCc1ccccc1C2=O. The summed E-state index contributed by atoms with van der Waals surface area (Å²) in [5, 5.41) is 0. The van der Waals surface area contributed by atoms with Gasteiger partial charge in [-0.25, -0.2) is 4.79 Å². The highest BCUT2D eigenvalue weighted by atomic mass is 16.5. The summed E-state index contributed by atoms with van der Waals surface area (Å²) in [4.78, 5) is 24.3. The summed E-state index contributed by atoms with van der Waals surface area (Å²) in [6.45, 7) is 2.36. The first-order valence-electron chi connectivity index (χ1n) is 6.77. The lowest BCUT2D eigenvalue weighted by molar-refractivity contribution is 0.0525. The Morgan fingerprint density at radius 2 is 2.00 bits per heavy atom. The molecule has 0 aromatic heterocycles. The third kappa shape index (κ3) is 2.40. The monoisotopic (exact) mass is 282 g/mol. The van der Waals surface area contributed by atoms with Crippen LogP contribution in [-0.4, -0.2) is 18.4 Å². The summed E-state index contributed by atoms with van der Waals surface area (Å²) in [5.41, 5.74) is 2.33. The second-order valence-corrected chi connectivity index (χ2v) is 4.71. The normalized spacial score (nSPS) is 12.7. The summed E-state index contributed by atoms with van der Waals surface area (Å²) in [5.74, 6) is -0.0895. The zero-order valence-corrected chi connectivity index (χ0v) is 11.6. The van der Waals surface area contributed by atoms with Gasteiger partial charge in [-0.2, -0.15) is 0 Å². The van der Waals surface area contributed by atoms with Crippen molar-refractivity contribution in [1.29, 1.82) is 0 Å². The van der Waals surface area contributed by atoms with Crippen LogP contribution in [0.25, 0.3) is 0 Å². The molecule has 3 rings (SSSR count). The Bertz CT molecular complexity index is 718. The topological polar surface area (TPSA) is 52.6 Å². The van der Waals surface area contributed by atoms with E-state index in [2.05, 4.69) is 0 Å². The van der Waals surface area contributed by atoms with Crippen molar-refractivity contribution in [3.05, 3.63) is 64.7 Å². The third-order valence-electron chi connectivity index (χ3n) is 3.38. The van der Waals surface area contributed by atoms with Crippen LogP contribution >= 0.6 is 0 Å². The Morgan fingerprint density at radius 1 is 1.19 bits per heavy atom. The molecule has 2 aromatic rings. The summed E-state index contributed by atoms with van der Waals surface area (Å²) in [7, 11) is 0. The van der Waals surface area contributed by atoms with E-state index in [1.807, 2.05) is 18.2 Å². The predicted molar refractivity (Wildman–Crippen MR) is 76.6 cm³/mol. The summed E-state index contributed by atoms with van der Waals surface area (Å²) >= 11 is 0. The van der Waals surface area contributed by atoms with E-state index in [1.165, 1.54) is 0 Å². The largest absolute Gasteiger partial charge is 0.488 e. The van der Waals surface area contributed by atoms with Gasteiger partial charge in [0.1, 0.15) is 12.4 Å². The maximum Gasteiger partial charge on any atom is 0.338 e.